The predicted octanol–water partition coefficient (Wildman–Crippen LogP) is 1.15. The van der Waals surface area contributed by atoms with E-state index in [0.717, 1.165) is 11.5 Å². The molecule has 0 aromatic heterocycles. The van der Waals surface area contributed by atoms with Crippen molar-refractivity contribution < 1.29 is 0 Å². The van der Waals surface area contributed by atoms with Gasteiger partial charge in [0.25, 0.3) is 0 Å². The summed E-state index contributed by atoms with van der Waals surface area (Å²) in [4.78, 5) is 0. The van der Waals surface area contributed by atoms with Gasteiger partial charge in [-0.15, -0.1) is 0 Å². The summed E-state index contributed by atoms with van der Waals surface area (Å²) in [6.45, 7) is 3.67. The summed E-state index contributed by atoms with van der Waals surface area (Å²) in [5, 5.41) is 3.47. The van der Waals surface area contributed by atoms with Gasteiger partial charge in [-0.2, -0.15) is 0 Å². The molecule has 1 aliphatic carbocycles. The minimum absolute atomic E-state index is 0.760. The van der Waals surface area contributed by atoms with E-state index in [1.165, 1.54) is 25.8 Å². The smallest absolute Gasteiger partial charge is 0.00774 e. The van der Waals surface area contributed by atoms with Gasteiger partial charge in [-0.1, -0.05) is 6.92 Å². The summed E-state index contributed by atoms with van der Waals surface area (Å²) in [6, 6.07) is 0.897. The fourth-order valence-electron chi connectivity index (χ4n) is 2.06. The minimum atomic E-state index is 0.760. The van der Waals surface area contributed by atoms with Crippen LogP contribution in [-0.2, 0) is 0 Å². The molecule has 8 heavy (non-hydrogen) atoms. The first-order chi connectivity index (χ1) is 3.79. The van der Waals surface area contributed by atoms with Gasteiger partial charge in [-0.05, 0) is 31.2 Å². The summed E-state index contributed by atoms with van der Waals surface area (Å²) in [7, 11) is 0. The van der Waals surface area contributed by atoms with Gasteiger partial charge < -0.3 is 5.32 Å². The Morgan fingerprint density at radius 1 is 1.50 bits per heavy atom. The third-order valence-electron chi connectivity index (χ3n) is 2.64. The molecular weight excluding hydrogens is 98.1 g/mol. The van der Waals surface area contributed by atoms with Gasteiger partial charge in [0.1, 0.15) is 0 Å². The summed E-state index contributed by atoms with van der Waals surface area (Å²) in [5.41, 5.74) is 0.760. The molecule has 1 nitrogen and oxygen atoms in total. The van der Waals surface area contributed by atoms with E-state index in [0.29, 0.717) is 0 Å². The van der Waals surface area contributed by atoms with E-state index in [4.69, 9.17) is 0 Å². The van der Waals surface area contributed by atoms with Crippen LogP contribution in [0.25, 0.3) is 0 Å². The zero-order valence-electron chi connectivity index (χ0n) is 5.41. The van der Waals surface area contributed by atoms with E-state index in [1.54, 1.807) is 0 Å². The highest BCUT2D eigenvalue weighted by molar-refractivity contribution is 4.98. The van der Waals surface area contributed by atoms with Crippen LogP contribution in [0.2, 0.25) is 0 Å². The number of piperidine rings is 2. The van der Waals surface area contributed by atoms with E-state index in [9.17, 15) is 0 Å². The van der Waals surface area contributed by atoms with Gasteiger partial charge in [0.2, 0.25) is 0 Å². The van der Waals surface area contributed by atoms with Crippen LogP contribution in [0.3, 0.4) is 0 Å². The zero-order valence-corrected chi connectivity index (χ0v) is 5.41. The molecule has 3 fully saturated rings. The van der Waals surface area contributed by atoms with E-state index < -0.39 is 0 Å². The van der Waals surface area contributed by atoms with Crippen LogP contribution in [0.4, 0.5) is 0 Å². The average molecular weight is 111 g/mol. The highest BCUT2D eigenvalue weighted by atomic mass is 15.0. The van der Waals surface area contributed by atoms with Crippen molar-refractivity contribution in [3.63, 3.8) is 0 Å². The topological polar surface area (TPSA) is 12.0 Å². The van der Waals surface area contributed by atoms with E-state index in [-0.39, 0.29) is 0 Å². The molecule has 1 heteroatoms. The third kappa shape index (κ3) is 0.510. The second-order valence-electron chi connectivity index (χ2n) is 3.62. The predicted molar refractivity (Wildman–Crippen MR) is 33.7 cm³/mol. The van der Waals surface area contributed by atoms with Crippen molar-refractivity contribution in [2.75, 3.05) is 6.54 Å². The van der Waals surface area contributed by atoms with E-state index in [2.05, 4.69) is 12.2 Å². The monoisotopic (exact) mass is 111 g/mol. The first-order valence-electron chi connectivity index (χ1n) is 3.52. The lowest BCUT2D eigenvalue weighted by molar-refractivity contribution is 0.0503. The SMILES string of the molecule is CC12CCNC(C1)C2. The van der Waals surface area contributed by atoms with Crippen molar-refractivity contribution in [1.29, 1.82) is 0 Å². The van der Waals surface area contributed by atoms with Gasteiger partial charge >= 0.3 is 0 Å². The Morgan fingerprint density at radius 3 is 2.50 bits per heavy atom. The van der Waals surface area contributed by atoms with Crippen LogP contribution in [0.1, 0.15) is 26.2 Å². The van der Waals surface area contributed by atoms with Gasteiger partial charge in [0.05, 0.1) is 0 Å². The summed E-state index contributed by atoms with van der Waals surface area (Å²) < 4.78 is 0. The highest BCUT2D eigenvalue weighted by Crippen LogP contribution is 2.46. The maximum Gasteiger partial charge on any atom is 0.00774 e. The molecule has 2 heterocycles. The molecule has 0 aromatic rings. The second kappa shape index (κ2) is 1.27. The van der Waals surface area contributed by atoms with Crippen LogP contribution in [-0.4, -0.2) is 12.6 Å². The van der Waals surface area contributed by atoms with E-state index >= 15 is 0 Å². The largest absolute Gasteiger partial charge is 0.314 e. The van der Waals surface area contributed by atoms with Crippen LogP contribution in [0.5, 0.6) is 0 Å². The van der Waals surface area contributed by atoms with Crippen molar-refractivity contribution in [3.8, 4) is 0 Å². The molecule has 1 saturated carbocycles. The number of nitrogens with one attached hydrogen (secondary N) is 1. The summed E-state index contributed by atoms with van der Waals surface area (Å²) in [6.07, 6.45) is 4.28. The molecule has 2 bridgehead atoms. The Morgan fingerprint density at radius 2 is 2.25 bits per heavy atom. The van der Waals surface area contributed by atoms with Crippen LogP contribution in [0, 0.1) is 5.41 Å². The first-order valence-corrected chi connectivity index (χ1v) is 3.52. The van der Waals surface area contributed by atoms with E-state index in [1.807, 2.05) is 0 Å². The lowest BCUT2D eigenvalue weighted by Gasteiger charge is -2.50. The Bertz CT molecular complexity index is 97.4. The molecule has 0 amide bonds. The average Bonchev–Trinajstić information content (AvgIpc) is 1.63. The highest BCUT2D eigenvalue weighted by Gasteiger charge is 2.42. The Balaban J connectivity index is 2.06. The molecule has 0 aromatic carbocycles. The number of fused-ring (bicyclic) bond motifs is 2. The molecule has 2 aliphatic heterocycles. The maximum atomic E-state index is 3.47. The standard InChI is InChI=1S/C7H13N/c1-7-2-3-8-6(4-7)5-7/h6,8H,2-5H2,1H3. The molecule has 2 saturated heterocycles. The molecule has 3 aliphatic rings. The number of rotatable bonds is 0. The maximum absolute atomic E-state index is 3.47. The Hall–Kier alpha value is -0.0400. The van der Waals surface area contributed by atoms with Gasteiger partial charge in [0.15, 0.2) is 0 Å². The van der Waals surface area contributed by atoms with Crippen LogP contribution in [0.15, 0.2) is 0 Å². The van der Waals surface area contributed by atoms with Crippen molar-refractivity contribution in [3.05, 3.63) is 0 Å². The van der Waals surface area contributed by atoms with Gasteiger partial charge in [0, 0.05) is 6.04 Å². The lowest BCUT2D eigenvalue weighted by atomic mass is 9.62. The van der Waals surface area contributed by atoms with Crippen molar-refractivity contribution in [2.24, 2.45) is 5.41 Å². The number of hydrogen-bond acceptors (Lipinski definition) is 1. The minimum Gasteiger partial charge on any atom is -0.314 e. The molecule has 3 rings (SSSR count). The molecule has 0 unspecified atom stereocenters. The zero-order chi connectivity index (χ0) is 5.61. The normalized spacial score (nSPS) is 52.9. The molecule has 0 atom stereocenters. The fourth-order valence-corrected chi connectivity index (χ4v) is 2.06. The quantitative estimate of drug-likeness (QED) is 0.494. The van der Waals surface area contributed by atoms with Crippen LogP contribution >= 0.6 is 0 Å². The summed E-state index contributed by atoms with van der Waals surface area (Å²) >= 11 is 0. The Labute approximate surface area is 50.5 Å². The molecule has 0 spiro atoms. The molecule has 46 valence electrons. The van der Waals surface area contributed by atoms with Crippen molar-refractivity contribution in [1.82, 2.24) is 5.32 Å². The van der Waals surface area contributed by atoms with Crippen LogP contribution < -0.4 is 5.32 Å². The van der Waals surface area contributed by atoms with Gasteiger partial charge in [-0.25, -0.2) is 0 Å². The van der Waals surface area contributed by atoms with Gasteiger partial charge in [-0.3, -0.25) is 0 Å². The fraction of sp³-hybridized carbons (Fsp3) is 1.00. The number of hydrogen-bond donors (Lipinski definition) is 1. The molecular formula is C7H13N. The first kappa shape index (κ1) is 4.80. The summed E-state index contributed by atoms with van der Waals surface area (Å²) in [5.74, 6) is 0. The second-order valence-corrected chi connectivity index (χ2v) is 3.62. The molecule has 1 N–H and O–H groups in total. The van der Waals surface area contributed by atoms with Crippen molar-refractivity contribution >= 4 is 0 Å². The lowest BCUT2D eigenvalue weighted by Crippen LogP contribution is -2.54. The van der Waals surface area contributed by atoms with Crippen molar-refractivity contribution in [2.45, 2.75) is 32.2 Å². The molecule has 0 radical (unpaired) electrons. The Kier molecular flexibility index (Phi) is 0.762. The third-order valence-corrected chi connectivity index (χ3v) is 2.64.